The fraction of sp³-hybridized carbons (Fsp3) is 0.611. The molecule has 1 saturated carbocycles. The van der Waals surface area contributed by atoms with Crippen LogP contribution in [0.1, 0.15) is 67.5 Å². The first kappa shape index (κ1) is 15.6. The number of fused-ring (bicyclic) bond motifs is 1. The molecule has 1 aliphatic heterocycles. The largest absolute Gasteiger partial charge is 0.376 e. The van der Waals surface area contributed by atoms with E-state index in [0.29, 0.717) is 18.0 Å². The number of carbonyl (C=O) groups is 1. The molecule has 2 aromatic rings. The maximum absolute atomic E-state index is 12.8. The molecule has 0 aromatic carbocycles. The Balaban J connectivity index is 1.66. The SMILES string of the molecule is CC(C)n1ncc2c(C(=O)NC[C@@H]3CCCO3)cc(C3CC3)nc21. The van der Waals surface area contributed by atoms with Gasteiger partial charge in [-0.2, -0.15) is 5.10 Å². The first-order valence-corrected chi connectivity index (χ1v) is 8.91. The van der Waals surface area contributed by atoms with Crippen molar-refractivity contribution in [2.45, 2.75) is 57.6 Å². The van der Waals surface area contributed by atoms with Gasteiger partial charge in [-0.1, -0.05) is 0 Å². The summed E-state index contributed by atoms with van der Waals surface area (Å²) in [4.78, 5) is 17.6. The molecule has 128 valence electrons. The van der Waals surface area contributed by atoms with E-state index in [1.54, 1.807) is 6.20 Å². The maximum atomic E-state index is 12.8. The van der Waals surface area contributed by atoms with Crippen LogP contribution in [0.3, 0.4) is 0 Å². The number of hydrogen-bond acceptors (Lipinski definition) is 4. The van der Waals surface area contributed by atoms with Crippen LogP contribution >= 0.6 is 0 Å². The zero-order valence-corrected chi connectivity index (χ0v) is 14.3. The van der Waals surface area contributed by atoms with Crippen LogP contribution < -0.4 is 5.32 Å². The second-order valence-corrected chi connectivity index (χ2v) is 7.13. The lowest BCUT2D eigenvalue weighted by atomic mass is 10.1. The van der Waals surface area contributed by atoms with Gasteiger partial charge in [-0.3, -0.25) is 4.79 Å². The number of rotatable bonds is 5. The third-order valence-electron chi connectivity index (χ3n) is 4.83. The molecule has 1 aliphatic carbocycles. The molecule has 2 aromatic heterocycles. The first-order chi connectivity index (χ1) is 11.6. The highest BCUT2D eigenvalue weighted by Gasteiger charge is 2.28. The minimum absolute atomic E-state index is 0.0527. The molecule has 24 heavy (non-hydrogen) atoms. The Bertz CT molecular complexity index is 758. The summed E-state index contributed by atoms with van der Waals surface area (Å²) in [5.74, 6) is 0.442. The molecule has 6 heteroatoms. The number of pyridine rings is 1. The van der Waals surface area contributed by atoms with Gasteiger partial charge in [0.2, 0.25) is 0 Å². The molecule has 1 amide bonds. The zero-order valence-electron chi connectivity index (χ0n) is 14.3. The van der Waals surface area contributed by atoms with Crippen molar-refractivity contribution in [1.29, 1.82) is 0 Å². The van der Waals surface area contributed by atoms with Crippen molar-refractivity contribution in [3.8, 4) is 0 Å². The summed E-state index contributed by atoms with van der Waals surface area (Å²) >= 11 is 0. The van der Waals surface area contributed by atoms with Crippen LogP contribution in [-0.4, -0.2) is 39.9 Å². The number of aromatic nitrogens is 3. The lowest BCUT2D eigenvalue weighted by molar-refractivity contribution is 0.0859. The Kier molecular flexibility index (Phi) is 4.00. The van der Waals surface area contributed by atoms with Gasteiger partial charge in [0, 0.05) is 30.8 Å². The van der Waals surface area contributed by atoms with Crippen molar-refractivity contribution in [3.63, 3.8) is 0 Å². The molecule has 0 spiro atoms. The molecule has 0 radical (unpaired) electrons. The van der Waals surface area contributed by atoms with E-state index >= 15 is 0 Å². The summed E-state index contributed by atoms with van der Waals surface area (Å²) in [5.41, 5.74) is 2.52. The van der Waals surface area contributed by atoms with Crippen LogP contribution in [0.2, 0.25) is 0 Å². The number of hydrogen-bond donors (Lipinski definition) is 1. The number of carbonyl (C=O) groups excluding carboxylic acids is 1. The monoisotopic (exact) mass is 328 g/mol. The summed E-state index contributed by atoms with van der Waals surface area (Å²) in [6.07, 6.45) is 6.32. The summed E-state index contributed by atoms with van der Waals surface area (Å²) in [5, 5.41) is 8.31. The lowest BCUT2D eigenvalue weighted by Gasteiger charge is -2.13. The fourth-order valence-electron chi connectivity index (χ4n) is 3.30. The summed E-state index contributed by atoms with van der Waals surface area (Å²) in [6, 6.07) is 2.17. The Labute approximate surface area is 141 Å². The molecule has 6 nitrogen and oxygen atoms in total. The minimum atomic E-state index is -0.0527. The predicted molar refractivity (Wildman–Crippen MR) is 91.2 cm³/mol. The van der Waals surface area contributed by atoms with Crippen LogP contribution in [0.25, 0.3) is 11.0 Å². The van der Waals surface area contributed by atoms with Gasteiger partial charge in [0.15, 0.2) is 5.65 Å². The number of nitrogens with zero attached hydrogens (tertiary/aromatic N) is 3. The molecule has 1 atom stereocenters. The van der Waals surface area contributed by atoms with Gasteiger partial charge < -0.3 is 10.1 Å². The number of nitrogens with one attached hydrogen (secondary N) is 1. The van der Waals surface area contributed by atoms with Crippen molar-refractivity contribution < 1.29 is 9.53 Å². The predicted octanol–water partition coefficient (Wildman–Crippen LogP) is 2.80. The molecule has 1 saturated heterocycles. The van der Waals surface area contributed by atoms with E-state index in [-0.39, 0.29) is 18.1 Å². The summed E-state index contributed by atoms with van der Waals surface area (Å²) < 4.78 is 7.49. The maximum Gasteiger partial charge on any atom is 0.252 e. The topological polar surface area (TPSA) is 69.0 Å². The van der Waals surface area contributed by atoms with Crippen molar-refractivity contribution >= 4 is 16.9 Å². The number of amides is 1. The average Bonchev–Trinajstić information content (AvgIpc) is 3.12. The van der Waals surface area contributed by atoms with E-state index in [9.17, 15) is 4.79 Å². The quantitative estimate of drug-likeness (QED) is 0.916. The minimum Gasteiger partial charge on any atom is -0.376 e. The fourth-order valence-corrected chi connectivity index (χ4v) is 3.30. The van der Waals surface area contributed by atoms with Gasteiger partial charge in [0.1, 0.15) is 0 Å². The van der Waals surface area contributed by atoms with Gasteiger partial charge in [-0.25, -0.2) is 9.67 Å². The van der Waals surface area contributed by atoms with Gasteiger partial charge in [-0.15, -0.1) is 0 Å². The van der Waals surface area contributed by atoms with E-state index in [1.807, 2.05) is 10.7 Å². The molecule has 0 bridgehead atoms. The molecular weight excluding hydrogens is 304 g/mol. The van der Waals surface area contributed by atoms with Gasteiger partial charge in [0.25, 0.3) is 5.91 Å². The van der Waals surface area contributed by atoms with Crippen LogP contribution in [0.15, 0.2) is 12.3 Å². The van der Waals surface area contributed by atoms with Crippen LogP contribution in [0, 0.1) is 0 Å². The van der Waals surface area contributed by atoms with Crippen LogP contribution in [0.5, 0.6) is 0 Å². The van der Waals surface area contributed by atoms with Gasteiger partial charge >= 0.3 is 0 Å². The Morgan fingerprint density at radius 2 is 2.25 bits per heavy atom. The first-order valence-electron chi connectivity index (χ1n) is 8.91. The second kappa shape index (κ2) is 6.16. The Hall–Kier alpha value is -1.95. The summed E-state index contributed by atoms with van der Waals surface area (Å²) in [6.45, 7) is 5.52. The summed E-state index contributed by atoms with van der Waals surface area (Å²) in [7, 11) is 0. The smallest absolute Gasteiger partial charge is 0.252 e. The van der Waals surface area contributed by atoms with E-state index < -0.39 is 0 Å². The van der Waals surface area contributed by atoms with Gasteiger partial charge in [0.05, 0.1) is 23.3 Å². The normalized spacial score (nSPS) is 20.9. The standard InChI is InChI=1S/C18H24N4O2/c1-11(2)22-17-15(10-20-22)14(8-16(21-17)12-5-6-12)18(23)19-9-13-4-3-7-24-13/h8,10-13H,3-7,9H2,1-2H3,(H,19,23)/t13-/m0/s1. The second-order valence-electron chi connectivity index (χ2n) is 7.13. The van der Waals surface area contributed by atoms with E-state index in [0.717, 1.165) is 49.0 Å². The zero-order chi connectivity index (χ0) is 16.7. The highest BCUT2D eigenvalue weighted by molar-refractivity contribution is 6.05. The van der Waals surface area contributed by atoms with Gasteiger partial charge in [-0.05, 0) is 45.6 Å². The van der Waals surface area contributed by atoms with E-state index in [1.165, 1.54) is 0 Å². The molecule has 3 heterocycles. The number of ether oxygens (including phenoxy) is 1. The Morgan fingerprint density at radius 3 is 2.92 bits per heavy atom. The molecule has 1 N–H and O–H groups in total. The van der Waals surface area contributed by atoms with E-state index in [4.69, 9.17) is 9.72 Å². The molecular formula is C18H24N4O2. The average molecular weight is 328 g/mol. The van der Waals surface area contributed by atoms with E-state index in [2.05, 4.69) is 24.3 Å². The Morgan fingerprint density at radius 1 is 1.42 bits per heavy atom. The molecule has 0 unspecified atom stereocenters. The van der Waals surface area contributed by atoms with Crippen molar-refractivity contribution in [3.05, 3.63) is 23.5 Å². The third-order valence-corrected chi connectivity index (χ3v) is 4.83. The third kappa shape index (κ3) is 2.90. The van der Waals surface area contributed by atoms with Crippen molar-refractivity contribution in [1.82, 2.24) is 20.1 Å². The van der Waals surface area contributed by atoms with Crippen LogP contribution in [-0.2, 0) is 4.74 Å². The van der Waals surface area contributed by atoms with Crippen LogP contribution in [0.4, 0.5) is 0 Å². The molecule has 2 aliphatic rings. The highest BCUT2D eigenvalue weighted by atomic mass is 16.5. The van der Waals surface area contributed by atoms with Crippen molar-refractivity contribution in [2.24, 2.45) is 0 Å². The lowest BCUT2D eigenvalue weighted by Crippen LogP contribution is -2.32. The molecule has 4 rings (SSSR count). The van der Waals surface area contributed by atoms with Crippen molar-refractivity contribution in [2.75, 3.05) is 13.2 Å². The molecule has 2 fully saturated rings. The highest BCUT2D eigenvalue weighted by Crippen LogP contribution is 2.40.